The molecule has 2 rings (SSSR count). The van der Waals surface area contributed by atoms with E-state index in [1.807, 2.05) is 6.92 Å². The number of pyridine rings is 1. The molecule has 21 heavy (non-hydrogen) atoms. The van der Waals surface area contributed by atoms with Crippen LogP contribution in [0.3, 0.4) is 0 Å². The van der Waals surface area contributed by atoms with Gasteiger partial charge in [0.2, 0.25) is 5.89 Å². The van der Waals surface area contributed by atoms with Crippen molar-refractivity contribution in [3.05, 3.63) is 34.6 Å². The Morgan fingerprint density at radius 2 is 2.19 bits per heavy atom. The second-order valence-corrected chi connectivity index (χ2v) is 4.72. The van der Waals surface area contributed by atoms with Crippen LogP contribution in [-0.2, 0) is 6.42 Å². The minimum atomic E-state index is -0.223. The Morgan fingerprint density at radius 3 is 2.86 bits per heavy atom. The SMILES string of the molecule is CCNc1cc(C(=O)NCCc2noc(C)n2)cc(Cl)n1. The first-order valence-electron chi connectivity index (χ1n) is 6.57. The number of nitrogens with one attached hydrogen (secondary N) is 2. The molecule has 0 saturated carbocycles. The quantitative estimate of drug-likeness (QED) is 0.791. The number of anilines is 1. The number of nitrogens with zero attached hydrogens (tertiary/aromatic N) is 3. The van der Waals surface area contributed by atoms with Crippen LogP contribution < -0.4 is 10.6 Å². The number of aryl methyl sites for hydroxylation is 1. The maximum Gasteiger partial charge on any atom is 0.251 e. The Bertz CT molecular complexity index is 629. The lowest BCUT2D eigenvalue weighted by molar-refractivity contribution is 0.0954. The van der Waals surface area contributed by atoms with Crippen LogP contribution >= 0.6 is 11.6 Å². The number of halogens is 1. The maximum atomic E-state index is 12.1. The lowest BCUT2D eigenvalue weighted by Gasteiger charge is -2.07. The molecule has 0 aromatic carbocycles. The smallest absolute Gasteiger partial charge is 0.251 e. The van der Waals surface area contributed by atoms with Crippen LogP contribution in [0.2, 0.25) is 5.15 Å². The molecule has 0 atom stereocenters. The van der Waals surface area contributed by atoms with Gasteiger partial charge in [-0.3, -0.25) is 4.79 Å². The second-order valence-electron chi connectivity index (χ2n) is 4.33. The van der Waals surface area contributed by atoms with Crippen molar-refractivity contribution in [2.75, 3.05) is 18.4 Å². The number of carbonyl (C=O) groups excluding carboxylic acids is 1. The molecule has 8 heteroatoms. The van der Waals surface area contributed by atoms with Crippen LogP contribution in [-0.4, -0.2) is 34.1 Å². The average molecular weight is 310 g/mol. The van der Waals surface area contributed by atoms with Gasteiger partial charge in [-0.1, -0.05) is 16.8 Å². The van der Waals surface area contributed by atoms with E-state index in [4.69, 9.17) is 16.1 Å². The monoisotopic (exact) mass is 309 g/mol. The summed E-state index contributed by atoms with van der Waals surface area (Å²) in [5, 5.41) is 9.83. The highest BCUT2D eigenvalue weighted by Gasteiger charge is 2.09. The van der Waals surface area contributed by atoms with Gasteiger partial charge in [-0.15, -0.1) is 0 Å². The van der Waals surface area contributed by atoms with E-state index in [1.165, 1.54) is 6.07 Å². The minimum absolute atomic E-state index is 0.223. The van der Waals surface area contributed by atoms with Crippen molar-refractivity contribution in [2.24, 2.45) is 0 Å². The molecular formula is C13H16ClN5O2. The number of aromatic nitrogens is 3. The van der Waals surface area contributed by atoms with Crippen molar-refractivity contribution in [3.63, 3.8) is 0 Å². The van der Waals surface area contributed by atoms with Crippen molar-refractivity contribution in [3.8, 4) is 0 Å². The summed E-state index contributed by atoms with van der Waals surface area (Å²) in [5.74, 6) is 1.42. The van der Waals surface area contributed by atoms with Crippen molar-refractivity contribution in [2.45, 2.75) is 20.3 Å². The molecular weight excluding hydrogens is 294 g/mol. The molecule has 0 spiro atoms. The van der Waals surface area contributed by atoms with E-state index in [0.717, 1.165) is 0 Å². The minimum Gasteiger partial charge on any atom is -0.370 e. The zero-order valence-electron chi connectivity index (χ0n) is 11.8. The van der Waals surface area contributed by atoms with E-state index in [-0.39, 0.29) is 11.1 Å². The van der Waals surface area contributed by atoms with Gasteiger partial charge < -0.3 is 15.2 Å². The Balaban J connectivity index is 1.93. The Labute approximate surface area is 127 Å². The molecule has 0 unspecified atom stereocenters. The molecule has 7 nitrogen and oxygen atoms in total. The lowest BCUT2D eigenvalue weighted by atomic mass is 10.2. The zero-order chi connectivity index (χ0) is 15.2. The molecule has 112 valence electrons. The van der Waals surface area contributed by atoms with Crippen LogP contribution in [0.5, 0.6) is 0 Å². The van der Waals surface area contributed by atoms with Gasteiger partial charge in [-0.05, 0) is 19.1 Å². The number of carbonyl (C=O) groups is 1. The van der Waals surface area contributed by atoms with Gasteiger partial charge in [0.05, 0.1) is 0 Å². The molecule has 0 fully saturated rings. The molecule has 0 aliphatic carbocycles. The summed E-state index contributed by atoms with van der Waals surface area (Å²) < 4.78 is 4.86. The highest BCUT2D eigenvalue weighted by molar-refractivity contribution is 6.29. The van der Waals surface area contributed by atoms with E-state index in [9.17, 15) is 4.79 Å². The molecule has 0 radical (unpaired) electrons. The van der Waals surface area contributed by atoms with Crippen LogP contribution in [0, 0.1) is 6.92 Å². The Hall–Kier alpha value is -2.15. The molecule has 2 aromatic heterocycles. The van der Waals surface area contributed by atoms with E-state index in [1.54, 1.807) is 13.0 Å². The topological polar surface area (TPSA) is 92.9 Å². The molecule has 2 N–H and O–H groups in total. The third-order valence-corrected chi connectivity index (χ3v) is 2.81. The summed E-state index contributed by atoms with van der Waals surface area (Å²) >= 11 is 5.90. The number of rotatable bonds is 6. The molecule has 0 aliphatic rings. The fourth-order valence-electron chi connectivity index (χ4n) is 1.73. The third kappa shape index (κ3) is 4.42. The maximum absolute atomic E-state index is 12.1. The summed E-state index contributed by atoms with van der Waals surface area (Å²) in [4.78, 5) is 20.2. The normalized spacial score (nSPS) is 10.4. The van der Waals surface area contributed by atoms with Crippen LogP contribution in [0.1, 0.15) is 29.0 Å². The first-order chi connectivity index (χ1) is 10.1. The number of amides is 1. The number of hydrogen-bond acceptors (Lipinski definition) is 6. The van der Waals surface area contributed by atoms with Gasteiger partial charge in [0.25, 0.3) is 5.91 Å². The fraction of sp³-hybridized carbons (Fsp3) is 0.385. The molecule has 2 aromatic rings. The Kier molecular flexibility index (Phi) is 5.10. The van der Waals surface area contributed by atoms with Crippen LogP contribution in [0.15, 0.2) is 16.7 Å². The summed E-state index contributed by atoms with van der Waals surface area (Å²) in [6, 6.07) is 3.18. The third-order valence-electron chi connectivity index (χ3n) is 2.62. The highest BCUT2D eigenvalue weighted by atomic mass is 35.5. The van der Waals surface area contributed by atoms with Crippen LogP contribution in [0.4, 0.5) is 5.82 Å². The Morgan fingerprint density at radius 1 is 1.38 bits per heavy atom. The van der Waals surface area contributed by atoms with E-state index in [2.05, 4.69) is 25.8 Å². The van der Waals surface area contributed by atoms with Gasteiger partial charge >= 0.3 is 0 Å². The van der Waals surface area contributed by atoms with Gasteiger partial charge in [0.15, 0.2) is 5.82 Å². The first kappa shape index (κ1) is 15.2. The van der Waals surface area contributed by atoms with Crippen molar-refractivity contribution >= 4 is 23.3 Å². The molecule has 0 bridgehead atoms. The number of hydrogen-bond donors (Lipinski definition) is 2. The molecule has 0 aliphatic heterocycles. The average Bonchev–Trinajstić information content (AvgIpc) is 2.84. The molecule has 2 heterocycles. The standard InChI is InChI=1S/C13H16ClN5O2/c1-3-15-12-7-9(6-10(14)18-12)13(20)16-5-4-11-17-8(2)21-19-11/h6-7H,3-5H2,1-2H3,(H,15,18)(H,16,20). The zero-order valence-corrected chi connectivity index (χ0v) is 12.6. The molecule has 0 saturated heterocycles. The van der Waals surface area contributed by atoms with Gasteiger partial charge in [-0.2, -0.15) is 4.98 Å². The van der Waals surface area contributed by atoms with Crippen LogP contribution in [0.25, 0.3) is 0 Å². The fourth-order valence-corrected chi connectivity index (χ4v) is 1.94. The van der Waals surface area contributed by atoms with Gasteiger partial charge in [-0.25, -0.2) is 4.98 Å². The second kappa shape index (κ2) is 7.03. The summed E-state index contributed by atoms with van der Waals surface area (Å²) in [7, 11) is 0. The predicted molar refractivity (Wildman–Crippen MR) is 78.5 cm³/mol. The highest BCUT2D eigenvalue weighted by Crippen LogP contribution is 2.14. The van der Waals surface area contributed by atoms with Gasteiger partial charge in [0.1, 0.15) is 11.0 Å². The van der Waals surface area contributed by atoms with E-state index >= 15 is 0 Å². The first-order valence-corrected chi connectivity index (χ1v) is 6.95. The van der Waals surface area contributed by atoms with E-state index < -0.39 is 0 Å². The van der Waals surface area contributed by atoms with E-state index in [0.29, 0.717) is 42.6 Å². The summed E-state index contributed by atoms with van der Waals surface area (Å²) in [6.45, 7) is 4.77. The van der Waals surface area contributed by atoms with Gasteiger partial charge in [0, 0.05) is 32.0 Å². The predicted octanol–water partition coefficient (Wildman–Crippen LogP) is 1.83. The summed E-state index contributed by atoms with van der Waals surface area (Å²) in [6.07, 6.45) is 0.502. The summed E-state index contributed by atoms with van der Waals surface area (Å²) in [5.41, 5.74) is 0.454. The van der Waals surface area contributed by atoms with Crippen molar-refractivity contribution in [1.82, 2.24) is 20.4 Å². The van der Waals surface area contributed by atoms with Crippen molar-refractivity contribution in [1.29, 1.82) is 0 Å². The largest absolute Gasteiger partial charge is 0.370 e. The van der Waals surface area contributed by atoms with Crippen molar-refractivity contribution < 1.29 is 9.32 Å². The lowest BCUT2D eigenvalue weighted by Crippen LogP contribution is -2.26. The molecule has 1 amide bonds.